The highest BCUT2D eigenvalue weighted by atomic mass is 15.0. The molecule has 0 fully saturated rings. The number of nitrogens with zero attached hydrogens (tertiary/aromatic N) is 2. The van der Waals surface area contributed by atoms with Gasteiger partial charge < -0.3 is 5.32 Å². The van der Waals surface area contributed by atoms with Gasteiger partial charge in [-0.25, -0.2) is 4.98 Å². The fourth-order valence-electron chi connectivity index (χ4n) is 2.27. The molecule has 0 spiro atoms. The Hall–Kier alpha value is -2.08. The molecule has 1 N–H and O–H groups in total. The van der Waals surface area contributed by atoms with Crippen LogP contribution in [-0.4, -0.2) is 11.0 Å². The first-order chi connectivity index (χ1) is 9.15. The predicted octanol–water partition coefficient (Wildman–Crippen LogP) is 3.95. The lowest BCUT2D eigenvalue weighted by Gasteiger charge is -2.21. The lowest BCUT2D eigenvalue weighted by atomic mass is 10.0. The highest BCUT2D eigenvalue weighted by molar-refractivity contribution is 5.86. The zero-order valence-corrected chi connectivity index (χ0v) is 11.6. The number of aromatic nitrogens is 1. The summed E-state index contributed by atoms with van der Waals surface area (Å²) in [4.78, 5) is 4.59. The molecule has 0 amide bonds. The Labute approximate surface area is 114 Å². The number of fused-ring (bicyclic) bond motifs is 1. The van der Waals surface area contributed by atoms with Gasteiger partial charge in [-0.3, -0.25) is 0 Å². The number of pyridine rings is 1. The van der Waals surface area contributed by atoms with E-state index in [-0.39, 0.29) is 0 Å². The van der Waals surface area contributed by atoms with Gasteiger partial charge in [0.2, 0.25) is 0 Å². The molecule has 3 nitrogen and oxygen atoms in total. The molecule has 0 saturated heterocycles. The van der Waals surface area contributed by atoms with E-state index in [1.54, 1.807) is 0 Å². The summed E-state index contributed by atoms with van der Waals surface area (Å²) in [5, 5.41) is 13.6. The predicted molar refractivity (Wildman–Crippen MR) is 79.0 cm³/mol. The molecule has 2 rings (SSSR count). The highest BCUT2D eigenvalue weighted by Crippen LogP contribution is 2.21. The minimum Gasteiger partial charge on any atom is -0.367 e. The Morgan fingerprint density at radius 3 is 2.68 bits per heavy atom. The van der Waals surface area contributed by atoms with Crippen molar-refractivity contribution in [2.75, 3.05) is 5.32 Å². The normalized spacial score (nSPS) is 12.4. The van der Waals surface area contributed by atoms with Crippen molar-refractivity contribution < 1.29 is 0 Å². The molecule has 0 saturated carbocycles. The van der Waals surface area contributed by atoms with Gasteiger partial charge in [0, 0.05) is 11.4 Å². The van der Waals surface area contributed by atoms with Crippen LogP contribution < -0.4 is 5.32 Å². The van der Waals surface area contributed by atoms with Crippen molar-refractivity contribution in [1.82, 2.24) is 4.98 Å². The van der Waals surface area contributed by atoms with Gasteiger partial charge in [-0.05, 0) is 24.5 Å². The van der Waals surface area contributed by atoms with E-state index in [9.17, 15) is 5.26 Å². The van der Waals surface area contributed by atoms with Gasteiger partial charge in [-0.15, -0.1) is 0 Å². The van der Waals surface area contributed by atoms with Crippen LogP contribution in [0.2, 0.25) is 0 Å². The summed E-state index contributed by atoms with van der Waals surface area (Å²) in [5.41, 5.74) is 1.54. The average Bonchev–Trinajstić information content (AvgIpc) is 2.43. The fraction of sp³-hybridized carbons (Fsp3) is 0.375. The van der Waals surface area contributed by atoms with Crippen molar-refractivity contribution in [2.45, 2.75) is 33.2 Å². The van der Waals surface area contributed by atoms with Crippen LogP contribution in [0.1, 0.15) is 32.8 Å². The molecule has 98 valence electrons. The molecule has 0 aliphatic carbocycles. The lowest BCUT2D eigenvalue weighted by Crippen LogP contribution is -2.25. The SMILES string of the molecule is CCC(Nc1cc(C#N)c2ccccc2n1)C(C)C. The summed E-state index contributed by atoms with van der Waals surface area (Å²) in [6.07, 6.45) is 1.04. The molecule has 0 aliphatic heterocycles. The monoisotopic (exact) mass is 253 g/mol. The molecule has 1 heterocycles. The van der Waals surface area contributed by atoms with E-state index in [0.29, 0.717) is 17.5 Å². The van der Waals surface area contributed by atoms with Crippen LogP contribution >= 0.6 is 0 Å². The van der Waals surface area contributed by atoms with Crippen LogP contribution in [0.4, 0.5) is 5.82 Å². The van der Waals surface area contributed by atoms with Crippen LogP contribution in [0.5, 0.6) is 0 Å². The maximum Gasteiger partial charge on any atom is 0.128 e. The van der Waals surface area contributed by atoms with E-state index in [2.05, 4.69) is 37.1 Å². The molecular formula is C16H19N3. The largest absolute Gasteiger partial charge is 0.367 e. The van der Waals surface area contributed by atoms with Gasteiger partial charge in [0.25, 0.3) is 0 Å². The van der Waals surface area contributed by atoms with Crippen LogP contribution in [-0.2, 0) is 0 Å². The number of nitriles is 1. The third-order valence-electron chi connectivity index (χ3n) is 3.41. The van der Waals surface area contributed by atoms with Gasteiger partial charge in [-0.2, -0.15) is 5.26 Å². The molecule has 1 aromatic heterocycles. The molecule has 1 aromatic carbocycles. The lowest BCUT2D eigenvalue weighted by molar-refractivity contribution is 0.510. The molecule has 0 bridgehead atoms. The first-order valence-electron chi connectivity index (χ1n) is 6.72. The zero-order chi connectivity index (χ0) is 13.8. The minimum atomic E-state index is 0.375. The summed E-state index contributed by atoms with van der Waals surface area (Å²) in [5.74, 6) is 1.32. The molecule has 19 heavy (non-hydrogen) atoms. The Balaban J connectivity index is 2.42. The van der Waals surface area contributed by atoms with E-state index in [4.69, 9.17) is 0 Å². The van der Waals surface area contributed by atoms with Gasteiger partial charge in [0.05, 0.1) is 17.1 Å². The van der Waals surface area contributed by atoms with Crippen molar-refractivity contribution in [3.05, 3.63) is 35.9 Å². The quantitative estimate of drug-likeness (QED) is 0.897. The average molecular weight is 253 g/mol. The van der Waals surface area contributed by atoms with Crippen molar-refractivity contribution in [3.63, 3.8) is 0 Å². The summed E-state index contributed by atoms with van der Waals surface area (Å²) in [6, 6.07) is 12.2. The zero-order valence-electron chi connectivity index (χ0n) is 11.6. The topological polar surface area (TPSA) is 48.7 Å². The van der Waals surface area contributed by atoms with Gasteiger partial charge in [-0.1, -0.05) is 39.0 Å². The van der Waals surface area contributed by atoms with E-state index < -0.39 is 0 Å². The number of benzene rings is 1. The molecule has 1 unspecified atom stereocenters. The van der Waals surface area contributed by atoms with Crippen LogP contribution in [0.15, 0.2) is 30.3 Å². The molecule has 0 radical (unpaired) electrons. The maximum absolute atomic E-state index is 9.26. The molecular weight excluding hydrogens is 234 g/mol. The number of anilines is 1. The van der Waals surface area contributed by atoms with E-state index in [0.717, 1.165) is 23.1 Å². The Kier molecular flexibility index (Phi) is 4.01. The fourth-order valence-corrected chi connectivity index (χ4v) is 2.27. The molecule has 0 aliphatic rings. The Bertz CT molecular complexity index is 611. The Morgan fingerprint density at radius 2 is 2.05 bits per heavy atom. The van der Waals surface area contributed by atoms with Gasteiger partial charge in [0.1, 0.15) is 5.82 Å². The summed E-state index contributed by atoms with van der Waals surface area (Å²) < 4.78 is 0. The number of nitrogens with one attached hydrogen (secondary N) is 1. The number of hydrogen-bond donors (Lipinski definition) is 1. The minimum absolute atomic E-state index is 0.375. The van der Waals surface area contributed by atoms with Crippen molar-refractivity contribution >= 4 is 16.7 Å². The second-order valence-electron chi connectivity index (χ2n) is 5.09. The number of rotatable bonds is 4. The third-order valence-corrected chi connectivity index (χ3v) is 3.41. The van der Waals surface area contributed by atoms with E-state index >= 15 is 0 Å². The van der Waals surface area contributed by atoms with Crippen LogP contribution in [0.25, 0.3) is 10.9 Å². The van der Waals surface area contributed by atoms with Crippen molar-refractivity contribution in [3.8, 4) is 6.07 Å². The third kappa shape index (κ3) is 2.85. The highest BCUT2D eigenvalue weighted by Gasteiger charge is 2.12. The van der Waals surface area contributed by atoms with Crippen LogP contribution in [0, 0.1) is 17.2 Å². The van der Waals surface area contributed by atoms with Crippen molar-refractivity contribution in [1.29, 1.82) is 5.26 Å². The number of hydrogen-bond acceptors (Lipinski definition) is 3. The standard InChI is InChI=1S/C16H19N3/c1-4-14(11(2)3)18-16-9-12(10-17)13-7-5-6-8-15(13)19-16/h5-9,11,14H,4H2,1-3H3,(H,18,19). The number of para-hydroxylation sites is 1. The molecule has 1 atom stereocenters. The summed E-state index contributed by atoms with van der Waals surface area (Å²) in [6.45, 7) is 6.53. The van der Waals surface area contributed by atoms with Crippen molar-refractivity contribution in [2.24, 2.45) is 5.92 Å². The van der Waals surface area contributed by atoms with Crippen LogP contribution in [0.3, 0.4) is 0 Å². The second-order valence-corrected chi connectivity index (χ2v) is 5.09. The summed E-state index contributed by atoms with van der Waals surface area (Å²) in [7, 11) is 0. The second kappa shape index (κ2) is 5.71. The summed E-state index contributed by atoms with van der Waals surface area (Å²) >= 11 is 0. The van der Waals surface area contributed by atoms with Gasteiger partial charge >= 0.3 is 0 Å². The smallest absolute Gasteiger partial charge is 0.128 e. The first kappa shape index (κ1) is 13.4. The van der Waals surface area contributed by atoms with E-state index in [1.807, 2.05) is 30.3 Å². The Morgan fingerprint density at radius 1 is 1.32 bits per heavy atom. The van der Waals surface area contributed by atoms with E-state index in [1.165, 1.54) is 0 Å². The van der Waals surface area contributed by atoms with Gasteiger partial charge in [0.15, 0.2) is 0 Å². The molecule has 3 heteroatoms. The maximum atomic E-state index is 9.26. The first-order valence-corrected chi connectivity index (χ1v) is 6.72. The molecule has 2 aromatic rings.